The highest BCUT2D eigenvalue weighted by molar-refractivity contribution is 7.13. The van der Waals surface area contributed by atoms with Crippen LogP contribution in [0.3, 0.4) is 0 Å². The number of aromatic nitrogens is 2. The van der Waals surface area contributed by atoms with Crippen molar-refractivity contribution in [1.82, 2.24) is 20.4 Å². The van der Waals surface area contributed by atoms with Crippen LogP contribution in [0.2, 0.25) is 0 Å². The predicted molar refractivity (Wildman–Crippen MR) is 97.9 cm³/mol. The molecule has 26 heavy (non-hydrogen) atoms. The summed E-state index contributed by atoms with van der Waals surface area (Å²) < 4.78 is 0. The number of hydrogen-bond donors (Lipinski definition) is 2. The van der Waals surface area contributed by atoms with E-state index in [1.54, 1.807) is 0 Å². The Hall–Kier alpha value is -2.32. The molecule has 0 saturated carbocycles. The Kier molecular flexibility index (Phi) is 5.95. The number of hydrogen-bond acceptors (Lipinski definition) is 6. The van der Waals surface area contributed by atoms with Crippen LogP contribution in [-0.2, 0) is 17.9 Å². The average molecular weight is 374 g/mol. The van der Waals surface area contributed by atoms with E-state index >= 15 is 0 Å². The number of carboxylic acids is 1. The van der Waals surface area contributed by atoms with Gasteiger partial charge in [-0.2, -0.15) is 0 Å². The quantitative estimate of drug-likeness (QED) is 0.804. The smallest absolute Gasteiger partial charge is 0.307 e. The van der Waals surface area contributed by atoms with E-state index < -0.39 is 5.97 Å². The first-order valence-electron chi connectivity index (χ1n) is 8.62. The van der Waals surface area contributed by atoms with Gasteiger partial charge >= 0.3 is 5.97 Å². The van der Waals surface area contributed by atoms with Crippen molar-refractivity contribution < 1.29 is 14.7 Å². The molecule has 0 radical (unpaired) electrons. The highest BCUT2D eigenvalue weighted by Crippen LogP contribution is 2.20. The molecule has 1 fully saturated rings. The van der Waals surface area contributed by atoms with Gasteiger partial charge in [0.2, 0.25) is 5.01 Å². The summed E-state index contributed by atoms with van der Waals surface area (Å²) in [4.78, 5) is 25.5. The monoisotopic (exact) mass is 374 g/mol. The predicted octanol–water partition coefficient (Wildman–Crippen LogP) is 2.07. The molecule has 3 rings (SSSR count). The van der Waals surface area contributed by atoms with Gasteiger partial charge in [0.05, 0.1) is 12.5 Å². The van der Waals surface area contributed by atoms with Gasteiger partial charge in [0, 0.05) is 13.1 Å². The summed E-state index contributed by atoms with van der Waals surface area (Å²) in [6.07, 6.45) is 1.58. The first kappa shape index (κ1) is 18.5. The third kappa shape index (κ3) is 4.86. The Labute approximate surface area is 156 Å². The van der Waals surface area contributed by atoms with Gasteiger partial charge in [-0.1, -0.05) is 41.2 Å². The summed E-state index contributed by atoms with van der Waals surface area (Å²) in [5.41, 5.74) is 2.21. The lowest BCUT2D eigenvalue weighted by atomic mass is 9.98. The van der Waals surface area contributed by atoms with Crippen LogP contribution in [-0.4, -0.2) is 45.2 Å². The molecule has 1 aliphatic rings. The van der Waals surface area contributed by atoms with Gasteiger partial charge in [-0.05, 0) is 31.9 Å². The van der Waals surface area contributed by atoms with E-state index in [0.717, 1.165) is 23.5 Å². The van der Waals surface area contributed by atoms with Crippen LogP contribution in [0.25, 0.3) is 0 Å². The minimum absolute atomic E-state index is 0.239. The van der Waals surface area contributed by atoms with Crippen LogP contribution in [0.15, 0.2) is 24.3 Å². The van der Waals surface area contributed by atoms with Crippen molar-refractivity contribution in [2.75, 3.05) is 13.1 Å². The number of rotatable bonds is 6. The molecule has 2 N–H and O–H groups in total. The van der Waals surface area contributed by atoms with Gasteiger partial charge in [0.25, 0.3) is 5.91 Å². The number of carbonyl (C=O) groups excluding carboxylic acids is 1. The number of carbonyl (C=O) groups is 2. The topological polar surface area (TPSA) is 95.4 Å². The highest BCUT2D eigenvalue weighted by Gasteiger charge is 2.26. The molecule has 138 valence electrons. The summed E-state index contributed by atoms with van der Waals surface area (Å²) >= 11 is 1.26. The van der Waals surface area contributed by atoms with E-state index in [0.29, 0.717) is 31.1 Å². The Morgan fingerprint density at radius 2 is 2.08 bits per heavy atom. The van der Waals surface area contributed by atoms with Crippen molar-refractivity contribution >= 4 is 23.2 Å². The Bertz CT molecular complexity index is 775. The molecule has 1 unspecified atom stereocenters. The van der Waals surface area contributed by atoms with E-state index in [9.17, 15) is 9.59 Å². The van der Waals surface area contributed by atoms with Gasteiger partial charge in [0.15, 0.2) is 0 Å². The van der Waals surface area contributed by atoms with Gasteiger partial charge in [-0.25, -0.2) is 0 Å². The lowest BCUT2D eigenvalue weighted by Gasteiger charge is -2.29. The normalized spacial score (nSPS) is 17.8. The van der Waals surface area contributed by atoms with E-state index in [2.05, 4.69) is 20.4 Å². The molecular formula is C18H22N4O3S. The molecule has 0 spiro atoms. The summed E-state index contributed by atoms with van der Waals surface area (Å²) in [6.45, 7) is 4.36. The van der Waals surface area contributed by atoms with Crippen LogP contribution in [0.5, 0.6) is 0 Å². The van der Waals surface area contributed by atoms with Crippen LogP contribution >= 0.6 is 11.3 Å². The highest BCUT2D eigenvalue weighted by atomic mass is 32.1. The molecular weight excluding hydrogens is 352 g/mol. The fraction of sp³-hybridized carbons (Fsp3) is 0.444. The van der Waals surface area contributed by atoms with Crippen LogP contribution in [0, 0.1) is 12.8 Å². The summed E-state index contributed by atoms with van der Waals surface area (Å²) in [6, 6.07) is 7.98. The van der Waals surface area contributed by atoms with Crippen molar-refractivity contribution in [3.63, 3.8) is 0 Å². The fourth-order valence-corrected chi connectivity index (χ4v) is 3.76. The van der Waals surface area contributed by atoms with Crippen molar-refractivity contribution in [3.8, 4) is 0 Å². The van der Waals surface area contributed by atoms with Crippen molar-refractivity contribution in [2.45, 2.75) is 32.9 Å². The Balaban J connectivity index is 1.52. The zero-order valence-corrected chi connectivity index (χ0v) is 15.5. The summed E-state index contributed by atoms with van der Waals surface area (Å²) in [7, 11) is 0. The Morgan fingerprint density at radius 3 is 2.81 bits per heavy atom. The number of aryl methyl sites for hydroxylation is 1. The van der Waals surface area contributed by atoms with Crippen molar-refractivity contribution in [3.05, 3.63) is 45.4 Å². The number of aliphatic carboxylic acids is 1. The summed E-state index contributed by atoms with van der Waals surface area (Å²) in [5, 5.41) is 21.1. The molecule has 7 nitrogen and oxygen atoms in total. The van der Waals surface area contributed by atoms with E-state index in [4.69, 9.17) is 5.11 Å². The SMILES string of the molecule is Cc1ccc(CNC(=O)c2nnc(CN3CCCC(C(=O)O)C3)s2)cc1. The molecule has 2 aromatic rings. The molecule has 0 aliphatic carbocycles. The standard InChI is InChI=1S/C18H22N4O3S/c1-12-4-6-13(7-5-12)9-19-16(23)17-21-20-15(26-17)11-22-8-2-3-14(10-22)18(24)25/h4-7,14H,2-3,8-11H2,1H3,(H,19,23)(H,24,25). The molecule has 1 atom stereocenters. The molecule has 1 aromatic heterocycles. The third-order valence-electron chi connectivity index (χ3n) is 4.45. The molecule has 1 amide bonds. The van der Waals surface area contributed by atoms with Crippen molar-refractivity contribution in [1.29, 1.82) is 0 Å². The number of benzene rings is 1. The van der Waals surface area contributed by atoms with Crippen LogP contribution < -0.4 is 5.32 Å². The zero-order valence-electron chi connectivity index (χ0n) is 14.6. The van der Waals surface area contributed by atoms with Gasteiger partial charge in [-0.3, -0.25) is 14.5 Å². The van der Waals surface area contributed by atoms with Gasteiger partial charge in [-0.15, -0.1) is 10.2 Å². The molecule has 1 aromatic carbocycles. The largest absolute Gasteiger partial charge is 0.481 e. The molecule has 1 saturated heterocycles. The number of amides is 1. The lowest BCUT2D eigenvalue weighted by molar-refractivity contribution is -0.143. The van der Waals surface area contributed by atoms with Crippen LogP contribution in [0.4, 0.5) is 0 Å². The first-order chi connectivity index (χ1) is 12.5. The molecule has 2 heterocycles. The molecule has 0 bridgehead atoms. The van der Waals surface area contributed by atoms with E-state index in [-0.39, 0.29) is 11.8 Å². The number of carboxylic acid groups (broad SMARTS) is 1. The second-order valence-electron chi connectivity index (χ2n) is 6.58. The van der Waals surface area contributed by atoms with Gasteiger partial charge < -0.3 is 10.4 Å². The number of nitrogens with zero attached hydrogens (tertiary/aromatic N) is 3. The zero-order chi connectivity index (χ0) is 18.5. The first-order valence-corrected chi connectivity index (χ1v) is 9.44. The minimum atomic E-state index is -0.747. The lowest BCUT2D eigenvalue weighted by Crippen LogP contribution is -2.38. The van der Waals surface area contributed by atoms with Gasteiger partial charge in [0.1, 0.15) is 5.01 Å². The van der Waals surface area contributed by atoms with Crippen LogP contribution in [0.1, 0.15) is 38.8 Å². The maximum atomic E-state index is 12.2. The maximum absolute atomic E-state index is 12.2. The second kappa shape index (κ2) is 8.37. The second-order valence-corrected chi connectivity index (χ2v) is 7.64. The minimum Gasteiger partial charge on any atom is -0.481 e. The molecule has 1 aliphatic heterocycles. The Morgan fingerprint density at radius 1 is 1.31 bits per heavy atom. The number of piperidine rings is 1. The summed E-state index contributed by atoms with van der Waals surface area (Å²) in [5.74, 6) is -1.31. The fourth-order valence-electron chi connectivity index (χ4n) is 2.97. The average Bonchev–Trinajstić information content (AvgIpc) is 3.10. The number of nitrogens with one attached hydrogen (secondary N) is 1. The van der Waals surface area contributed by atoms with E-state index in [1.807, 2.05) is 31.2 Å². The van der Waals surface area contributed by atoms with Crippen molar-refractivity contribution in [2.24, 2.45) is 5.92 Å². The maximum Gasteiger partial charge on any atom is 0.307 e. The molecule has 8 heteroatoms. The van der Waals surface area contributed by atoms with E-state index in [1.165, 1.54) is 16.9 Å². The number of likely N-dealkylation sites (tertiary alicyclic amines) is 1. The third-order valence-corrected chi connectivity index (χ3v) is 5.36.